The lowest BCUT2D eigenvalue weighted by atomic mass is 9.95. The molecule has 3 rings (SSSR count). The van der Waals surface area contributed by atoms with E-state index in [-0.39, 0.29) is 30.3 Å². The van der Waals surface area contributed by atoms with Crippen LogP contribution in [0.4, 0.5) is 0 Å². The lowest BCUT2D eigenvalue weighted by molar-refractivity contribution is -0.862. The highest BCUT2D eigenvalue weighted by Crippen LogP contribution is 2.34. The molecule has 0 bridgehead atoms. The molecule has 27 heavy (non-hydrogen) atoms. The number of fused-ring (bicyclic) bond motifs is 1. The molecule has 1 aliphatic carbocycles. The standard InChI is InChI=1S/C20H29N3O4/c1-13(2)20(14-4-7-16-17(10-14)27-9-8-26-16)22-19(25)12-23(3)11-18(24)21-15-5-6-15/h4,7,10,13,15,20H,5-6,8-9,11-12H2,1-3H3,(H,21,24)(H,22,25)/p+1/t20-/m0/s1. The van der Waals surface area contributed by atoms with Crippen molar-refractivity contribution >= 4 is 11.8 Å². The van der Waals surface area contributed by atoms with Gasteiger partial charge in [0, 0.05) is 6.04 Å². The molecule has 1 fully saturated rings. The molecule has 3 N–H and O–H groups in total. The summed E-state index contributed by atoms with van der Waals surface area (Å²) in [6.07, 6.45) is 2.13. The van der Waals surface area contributed by atoms with Crippen LogP contribution in [0.3, 0.4) is 0 Å². The molecule has 1 aromatic carbocycles. The number of likely N-dealkylation sites (N-methyl/N-ethyl adjacent to an activating group) is 1. The molecule has 2 aliphatic rings. The second-order valence-corrected chi connectivity index (χ2v) is 7.84. The van der Waals surface area contributed by atoms with E-state index in [1.165, 1.54) is 0 Å². The second kappa shape index (κ2) is 8.61. The van der Waals surface area contributed by atoms with Gasteiger partial charge in [-0.25, -0.2) is 0 Å². The van der Waals surface area contributed by atoms with Crippen LogP contribution in [0.15, 0.2) is 18.2 Å². The summed E-state index contributed by atoms with van der Waals surface area (Å²) in [6.45, 7) is 5.79. The van der Waals surface area contributed by atoms with Crippen LogP contribution >= 0.6 is 0 Å². The third-order valence-corrected chi connectivity index (χ3v) is 4.78. The molecule has 0 aromatic heterocycles. The van der Waals surface area contributed by atoms with E-state index in [4.69, 9.17) is 9.47 Å². The van der Waals surface area contributed by atoms with Crippen LogP contribution in [0.2, 0.25) is 0 Å². The van der Waals surface area contributed by atoms with Gasteiger partial charge in [-0.3, -0.25) is 9.59 Å². The molecule has 7 heteroatoms. The Kier molecular flexibility index (Phi) is 6.21. The SMILES string of the molecule is CC(C)[C@H](NC(=O)C[NH+](C)CC(=O)NC1CC1)c1ccc2c(c1)OCCO2. The normalized spacial score (nSPS) is 17.9. The minimum absolute atomic E-state index is 0.00930. The highest BCUT2D eigenvalue weighted by molar-refractivity contribution is 5.79. The summed E-state index contributed by atoms with van der Waals surface area (Å²) in [5.41, 5.74) is 0.992. The monoisotopic (exact) mass is 376 g/mol. The number of carbonyl (C=O) groups excluding carboxylic acids is 2. The molecule has 0 radical (unpaired) electrons. The van der Waals surface area contributed by atoms with E-state index in [0.29, 0.717) is 25.8 Å². The molecular formula is C20H30N3O4+. The molecule has 2 amide bonds. The van der Waals surface area contributed by atoms with Gasteiger partial charge in [-0.05, 0) is 36.5 Å². The summed E-state index contributed by atoms with van der Waals surface area (Å²) in [7, 11) is 1.86. The van der Waals surface area contributed by atoms with Gasteiger partial charge in [-0.1, -0.05) is 19.9 Å². The maximum Gasteiger partial charge on any atom is 0.275 e. The van der Waals surface area contributed by atoms with E-state index in [1.807, 2.05) is 25.2 Å². The maximum atomic E-state index is 12.5. The quantitative estimate of drug-likeness (QED) is 0.600. The average molecular weight is 376 g/mol. The fourth-order valence-electron chi connectivity index (χ4n) is 3.23. The number of hydrogen-bond donors (Lipinski definition) is 3. The van der Waals surface area contributed by atoms with Gasteiger partial charge in [0.1, 0.15) is 13.2 Å². The molecule has 1 heterocycles. The molecule has 148 valence electrons. The van der Waals surface area contributed by atoms with E-state index in [9.17, 15) is 9.59 Å². The van der Waals surface area contributed by atoms with Crippen LogP contribution in [-0.4, -0.2) is 51.2 Å². The van der Waals surface area contributed by atoms with Crippen molar-refractivity contribution in [3.05, 3.63) is 23.8 Å². The number of quaternary nitrogens is 1. The zero-order valence-electron chi connectivity index (χ0n) is 16.3. The topological polar surface area (TPSA) is 81.1 Å². The third-order valence-electron chi connectivity index (χ3n) is 4.78. The lowest BCUT2D eigenvalue weighted by Crippen LogP contribution is -3.11. The fourth-order valence-corrected chi connectivity index (χ4v) is 3.23. The molecule has 1 unspecified atom stereocenters. The predicted molar refractivity (Wildman–Crippen MR) is 101 cm³/mol. The van der Waals surface area contributed by atoms with Crippen molar-refractivity contribution in [3.63, 3.8) is 0 Å². The number of carbonyl (C=O) groups is 2. The molecule has 7 nitrogen and oxygen atoms in total. The van der Waals surface area contributed by atoms with Gasteiger partial charge in [0.2, 0.25) is 0 Å². The smallest absolute Gasteiger partial charge is 0.275 e. The number of rotatable bonds is 8. The largest absolute Gasteiger partial charge is 0.486 e. The van der Waals surface area contributed by atoms with Crippen LogP contribution < -0.4 is 25.0 Å². The van der Waals surface area contributed by atoms with Gasteiger partial charge < -0.3 is 25.0 Å². The van der Waals surface area contributed by atoms with Crippen molar-refractivity contribution in [2.45, 2.75) is 38.8 Å². The van der Waals surface area contributed by atoms with Gasteiger partial charge in [0.15, 0.2) is 24.6 Å². The van der Waals surface area contributed by atoms with Gasteiger partial charge >= 0.3 is 0 Å². The highest BCUT2D eigenvalue weighted by Gasteiger charge is 2.26. The van der Waals surface area contributed by atoms with Crippen LogP contribution in [-0.2, 0) is 9.59 Å². The Morgan fingerprint density at radius 1 is 1.11 bits per heavy atom. The van der Waals surface area contributed by atoms with Crippen LogP contribution in [0.5, 0.6) is 11.5 Å². The van der Waals surface area contributed by atoms with Gasteiger partial charge in [0.05, 0.1) is 13.1 Å². The molecule has 0 spiro atoms. The summed E-state index contributed by atoms with van der Waals surface area (Å²) in [4.78, 5) is 25.3. The van der Waals surface area contributed by atoms with E-state index >= 15 is 0 Å². The molecule has 2 atom stereocenters. The first-order valence-electron chi connectivity index (χ1n) is 9.72. The van der Waals surface area contributed by atoms with Crippen molar-refractivity contribution in [1.29, 1.82) is 0 Å². The predicted octanol–water partition coefficient (Wildman–Crippen LogP) is 0.0644. The Labute approximate surface area is 160 Å². The van der Waals surface area contributed by atoms with Crippen LogP contribution in [0, 0.1) is 5.92 Å². The highest BCUT2D eigenvalue weighted by atomic mass is 16.6. The summed E-state index contributed by atoms with van der Waals surface area (Å²) in [5.74, 6) is 1.62. The maximum absolute atomic E-state index is 12.5. The minimum atomic E-state index is -0.124. The molecule has 1 aromatic rings. The van der Waals surface area contributed by atoms with Gasteiger partial charge in [0.25, 0.3) is 11.8 Å². The van der Waals surface area contributed by atoms with Crippen molar-refractivity contribution in [3.8, 4) is 11.5 Å². The number of nitrogens with one attached hydrogen (secondary N) is 3. The number of benzene rings is 1. The Bertz CT molecular complexity index is 688. The molecular weight excluding hydrogens is 346 g/mol. The van der Waals surface area contributed by atoms with E-state index < -0.39 is 0 Å². The van der Waals surface area contributed by atoms with Gasteiger partial charge in [-0.15, -0.1) is 0 Å². The van der Waals surface area contributed by atoms with Crippen molar-refractivity contribution < 1.29 is 24.0 Å². The first-order valence-corrected chi connectivity index (χ1v) is 9.72. The minimum Gasteiger partial charge on any atom is -0.486 e. The average Bonchev–Trinajstić information content (AvgIpc) is 3.42. The zero-order valence-corrected chi connectivity index (χ0v) is 16.3. The third kappa shape index (κ3) is 5.60. The molecule has 0 saturated heterocycles. The second-order valence-electron chi connectivity index (χ2n) is 7.84. The Hall–Kier alpha value is -2.28. The number of ether oxygens (including phenoxy) is 2. The summed E-state index contributed by atoms with van der Waals surface area (Å²) in [5, 5.41) is 6.06. The Morgan fingerprint density at radius 2 is 1.78 bits per heavy atom. The Morgan fingerprint density at radius 3 is 2.44 bits per heavy atom. The first-order chi connectivity index (χ1) is 12.9. The van der Waals surface area contributed by atoms with E-state index in [1.54, 1.807) is 0 Å². The number of hydrogen-bond acceptors (Lipinski definition) is 4. The summed E-state index contributed by atoms with van der Waals surface area (Å²) < 4.78 is 11.2. The van der Waals surface area contributed by atoms with E-state index in [2.05, 4.69) is 24.5 Å². The van der Waals surface area contributed by atoms with Crippen LogP contribution in [0.25, 0.3) is 0 Å². The number of amides is 2. The van der Waals surface area contributed by atoms with Crippen molar-refractivity contribution in [2.75, 3.05) is 33.4 Å². The molecule has 1 saturated carbocycles. The Balaban J connectivity index is 1.56. The lowest BCUT2D eigenvalue weighted by Gasteiger charge is -2.26. The zero-order chi connectivity index (χ0) is 19.4. The van der Waals surface area contributed by atoms with E-state index in [0.717, 1.165) is 34.8 Å². The van der Waals surface area contributed by atoms with Crippen molar-refractivity contribution in [1.82, 2.24) is 10.6 Å². The fraction of sp³-hybridized carbons (Fsp3) is 0.600. The van der Waals surface area contributed by atoms with Gasteiger partial charge in [-0.2, -0.15) is 0 Å². The summed E-state index contributed by atoms with van der Waals surface area (Å²) in [6, 6.07) is 6.03. The first kappa shape index (κ1) is 19.5. The molecule has 1 aliphatic heterocycles. The van der Waals surface area contributed by atoms with Crippen molar-refractivity contribution in [2.24, 2.45) is 5.92 Å². The summed E-state index contributed by atoms with van der Waals surface area (Å²) >= 11 is 0. The van der Waals surface area contributed by atoms with Crippen LogP contribution in [0.1, 0.15) is 38.3 Å².